The van der Waals surface area contributed by atoms with Crippen LogP contribution in [0.2, 0.25) is 0 Å². The number of hydrogen-bond acceptors (Lipinski definition) is 7. The number of ether oxygens (including phenoxy) is 2. The van der Waals surface area contributed by atoms with Crippen LogP contribution in [0.1, 0.15) is 27.9 Å². The van der Waals surface area contributed by atoms with Crippen LogP contribution in [0.4, 0.5) is 4.39 Å². The molecule has 190 valence electrons. The number of nitriles is 1. The Labute approximate surface area is 217 Å². The minimum atomic E-state index is -0.608. The summed E-state index contributed by atoms with van der Waals surface area (Å²) in [5, 5.41) is 17.3. The number of aromatic nitrogens is 5. The van der Waals surface area contributed by atoms with Crippen LogP contribution in [-0.2, 0) is 13.2 Å². The molecule has 1 N–H and O–H groups in total. The molecular formula is C28H23FN6O3. The first-order chi connectivity index (χ1) is 18.4. The van der Waals surface area contributed by atoms with Gasteiger partial charge in [-0.15, -0.1) is 0 Å². The number of pyridine rings is 3. The molecule has 10 heteroatoms. The summed E-state index contributed by atoms with van der Waals surface area (Å²) in [5.41, 5.74) is 4.22. The van der Waals surface area contributed by atoms with E-state index in [1.54, 1.807) is 18.3 Å². The molecule has 38 heavy (non-hydrogen) atoms. The van der Waals surface area contributed by atoms with Gasteiger partial charge in [0, 0.05) is 34.0 Å². The van der Waals surface area contributed by atoms with E-state index in [1.165, 1.54) is 23.9 Å². The van der Waals surface area contributed by atoms with Crippen LogP contribution < -0.4 is 15.0 Å². The Morgan fingerprint density at radius 1 is 1.16 bits per heavy atom. The molecule has 0 fully saturated rings. The van der Waals surface area contributed by atoms with Gasteiger partial charge >= 0.3 is 0 Å². The SMILES string of the molecule is COc1ncc(F)c(COc2cccc3c(-c4[nH]ncc4C)cc(C)nc23)c1Cn1cccc(C#N)c1=O. The highest BCUT2D eigenvalue weighted by Gasteiger charge is 2.20. The lowest BCUT2D eigenvalue weighted by Crippen LogP contribution is -2.23. The van der Waals surface area contributed by atoms with Crippen molar-refractivity contribution in [3.8, 4) is 29.0 Å². The third-order valence-corrected chi connectivity index (χ3v) is 6.27. The third-order valence-electron chi connectivity index (χ3n) is 6.27. The van der Waals surface area contributed by atoms with Crippen molar-refractivity contribution in [3.05, 3.63) is 99.1 Å². The first kappa shape index (κ1) is 24.6. The second-order valence-electron chi connectivity index (χ2n) is 8.72. The average molecular weight is 511 g/mol. The summed E-state index contributed by atoms with van der Waals surface area (Å²) in [6, 6.07) is 12.4. The van der Waals surface area contributed by atoms with Crippen LogP contribution in [0, 0.1) is 31.0 Å². The van der Waals surface area contributed by atoms with Crippen molar-refractivity contribution in [2.75, 3.05) is 7.11 Å². The number of benzene rings is 1. The van der Waals surface area contributed by atoms with E-state index in [2.05, 4.69) is 15.2 Å². The van der Waals surface area contributed by atoms with Gasteiger partial charge in [0.1, 0.15) is 35.3 Å². The first-order valence-electron chi connectivity index (χ1n) is 11.7. The summed E-state index contributed by atoms with van der Waals surface area (Å²) in [4.78, 5) is 21.4. The van der Waals surface area contributed by atoms with Gasteiger partial charge in [-0.1, -0.05) is 12.1 Å². The number of methoxy groups -OCH3 is 1. The zero-order valence-electron chi connectivity index (χ0n) is 20.9. The van der Waals surface area contributed by atoms with Crippen molar-refractivity contribution >= 4 is 10.9 Å². The maximum absolute atomic E-state index is 15.1. The van der Waals surface area contributed by atoms with Crippen LogP contribution in [0.25, 0.3) is 22.2 Å². The van der Waals surface area contributed by atoms with E-state index >= 15 is 4.39 Å². The largest absolute Gasteiger partial charge is 0.486 e. The number of rotatable bonds is 7. The fourth-order valence-electron chi connectivity index (χ4n) is 4.40. The van der Waals surface area contributed by atoms with Crippen LogP contribution in [0.3, 0.4) is 0 Å². The monoisotopic (exact) mass is 510 g/mol. The summed E-state index contributed by atoms with van der Waals surface area (Å²) >= 11 is 0. The Hall–Kier alpha value is -5.04. The molecule has 0 radical (unpaired) electrons. The number of fused-ring (bicyclic) bond motifs is 1. The van der Waals surface area contributed by atoms with Gasteiger partial charge < -0.3 is 14.0 Å². The van der Waals surface area contributed by atoms with Crippen LogP contribution in [-0.4, -0.2) is 31.8 Å². The van der Waals surface area contributed by atoms with Crippen molar-refractivity contribution in [1.29, 1.82) is 5.26 Å². The molecule has 0 unspecified atom stereocenters. The van der Waals surface area contributed by atoms with E-state index in [4.69, 9.17) is 14.5 Å². The lowest BCUT2D eigenvalue weighted by molar-refractivity contribution is 0.297. The second kappa shape index (κ2) is 10.1. The van der Waals surface area contributed by atoms with Crippen LogP contribution in [0.15, 0.2) is 59.8 Å². The lowest BCUT2D eigenvalue weighted by Gasteiger charge is -2.17. The van der Waals surface area contributed by atoms with E-state index in [1.807, 2.05) is 38.1 Å². The molecule has 0 atom stereocenters. The predicted octanol–water partition coefficient (Wildman–Crippen LogP) is 4.45. The summed E-state index contributed by atoms with van der Waals surface area (Å²) in [6.45, 7) is 3.64. The number of nitrogens with one attached hydrogen (secondary N) is 1. The number of aryl methyl sites for hydroxylation is 2. The second-order valence-corrected chi connectivity index (χ2v) is 8.72. The van der Waals surface area contributed by atoms with Crippen molar-refractivity contribution in [2.24, 2.45) is 0 Å². The summed E-state index contributed by atoms with van der Waals surface area (Å²) < 4.78 is 28.0. The topological polar surface area (TPSA) is 119 Å². The molecule has 5 aromatic rings. The van der Waals surface area contributed by atoms with Gasteiger partial charge in [0.25, 0.3) is 5.56 Å². The zero-order valence-corrected chi connectivity index (χ0v) is 20.9. The number of para-hydroxylation sites is 1. The van der Waals surface area contributed by atoms with E-state index in [9.17, 15) is 10.1 Å². The molecule has 9 nitrogen and oxygen atoms in total. The molecule has 1 aromatic carbocycles. The summed E-state index contributed by atoms with van der Waals surface area (Å²) in [7, 11) is 1.42. The molecule has 0 saturated heterocycles. The number of aromatic amines is 1. The Balaban J connectivity index is 1.55. The van der Waals surface area contributed by atoms with Gasteiger partial charge in [-0.3, -0.25) is 9.89 Å². The van der Waals surface area contributed by atoms with Gasteiger partial charge in [0.05, 0.1) is 31.7 Å². The smallest absolute Gasteiger partial charge is 0.268 e. The fraction of sp³-hybridized carbons (Fsp3) is 0.179. The Morgan fingerprint density at radius 3 is 2.74 bits per heavy atom. The molecule has 4 heterocycles. The molecule has 0 bridgehead atoms. The van der Waals surface area contributed by atoms with E-state index in [0.29, 0.717) is 16.8 Å². The molecule has 0 aliphatic heterocycles. The van der Waals surface area contributed by atoms with E-state index in [-0.39, 0.29) is 30.2 Å². The number of nitrogens with zero attached hydrogens (tertiary/aromatic N) is 5. The maximum Gasteiger partial charge on any atom is 0.268 e. The standard InChI is InChI=1S/C28H23FN6O3/c1-16-12-32-34-25(16)20-10-17(2)33-26-19(20)7-4-8-24(26)38-15-22-21(27(37-3)31-13-23(22)29)14-35-9-5-6-18(11-30)28(35)36/h4-10,12-13H,14-15H2,1-3H3,(H,32,34). The average Bonchev–Trinajstić information content (AvgIpc) is 3.34. The van der Waals surface area contributed by atoms with Crippen molar-refractivity contribution < 1.29 is 13.9 Å². The van der Waals surface area contributed by atoms with Crippen molar-refractivity contribution in [3.63, 3.8) is 0 Å². The van der Waals surface area contributed by atoms with Crippen LogP contribution >= 0.6 is 0 Å². The highest BCUT2D eigenvalue weighted by atomic mass is 19.1. The zero-order chi connectivity index (χ0) is 26.8. The van der Waals surface area contributed by atoms with Gasteiger partial charge in [-0.2, -0.15) is 10.4 Å². The first-order valence-corrected chi connectivity index (χ1v) is 11.7. The summed E-state index contributed by atoms with van der Waals surface area (Å²) in [6.07, 6.45) is 4.34. The Bertz CT molecular complexity index is 1770. The van der Waals surface area contributed by atoms with E-state index < -0.39 is 11.4 Å². The van der Waals surface area contributed by atoms with Crippen molar-refractivity contribution in [1.82, 2.24) is 24.7 Å². The predicted molar refractivity (Wildman–Crippen MR) is 138 cm³/mol. The quantitative estimate of drug-likeness (QED) is 0.344. The lowest BCUT2D eigenvalue weighted by atomic mass is 10.0. The highest BCUT2D eigenvalue weighted by molar-refractivity contribution is 5.97. The molecule has 0 saturated carbocycles. The molecule has 0 aliphatic carbocycles. The number of halogens is 1. The molecule has 0 aliphatic rings. The molecule has 0 amide bonds. The number of H-pyrrole nitrogens is 1. The molecule has 0 spiro atoms. The fourth-order valence-corrected chi connectivity index (χ4v) is 4.40. The molecule has 5 rings (SSSR count). The van der Waals surface area contributed by atoms with Gasteiger partial charge in [-0.25, -0.2) is 14.4 Å². The van der Waals surface area contributed by atoms with Gasteiger partial charge in [0.2, 0.25) is 5.88 Å². The van der Waals surface area contributed by atoms with Crippen LogP contribution in [0.5, 0.6) is 11.6 Å². The number of hydrogen-bond donors (Lipinski definition) is 1. The molecular weight excluding hydrogens is 487 g/mol. The van der Waals surface area contributed by atoms with E-state index in [0.717, 1.165) is 34.1 Å². The normalized spacial score (nSPS) is 10.9. The Kier molecular flexibility index (Phi) is 6.58. The molecule has 4 aromatic heterocycles. The Morgan fingerprint density at radius 2 is 2.00 bits per heavy atom. The van der Waals surface area contributed by atoms with Crippen molar-refractivity contribution in [2.45, 2.75) is 27.0 Å². The highest BCUT2D eigenvalue weighted by Crippen LogP contribution is 2.34. The summed E-state index contributed by atoms with van der Waals surface area (Å²) in [5.74, 6) is 0.0148. The third kappa shape index (κ3) is 4.46. The maximum atomic E-state index is 15.1. The van der Waals surface area contributed by atoms with Gasteiger partial charge in [0.15, 0.2) is 0 Å². The minimum Gasteiger partial charge on any atom is -0.486 e. The minimum absolute atomic E-state index is 0.0193. The van der Waals surface area contributed by atoms with Gasteiger partial charge in [-0.05, 0) is 43.7 Å².